The Balaban J connectivity index is 1.33. The normalized spacial score (nSPS) is 13.4. The Morgan fingerprint density at radius 3 is 2.79 bits per heavy atom. The number of H-pyrrole nitrogens is 1. The SMILES string of the molecule is Nc1ccc(Nc2ncnc3[nH]c(C4=CCN(C(=O)Oc5ccccc5)CC4)cc23)cc1C=[NH2+]. The number of hydrogen-bond donors (Lipinski definition) is 4. The second kappa shape index (κ2) is 9.07. The number of fused-ring (bicyclic) bond motifs is 1. The fourth-order valence-corrected chi connectivity index (χ4v) is 3.88. The summed E-state index contributed by atoms with van der Waals surface area (Å²) in [5.74, 6) is 1.21. The van der Waals surface area contributed by atoms with E-state index in [-0.39, 0.29) is 6.09 Å². The van der Waals surface area contributed by atoms with E-state index in [1.54, 1.807) is 23.1 Å². The van der Waals surface area contributed by atoms with Gasteiger partial charge in [-0.1, -0.05) is 24.3 Å². The van der Waals surface area contributed by atoms with Crippen LogP contribution in [0, 0.1) is 0 Å². The van der Waals surface area contributed by atoms with Gasteiger partial charge in [-0.2, -0.15) is 0 Å². The summed E-state index contributed by atoms with van der Waals surface area (Å²) in [7, 11) is 0. The summed E-state index contributed by atoms with van der Waals surface area (Å²) in [5, 5.41) is 9.83. The highest BCUT2D eigenvalue weighted by Gasteiger charge is 2.21. The van der Waals surface area contributed by atoms with Crippen molar-refractivity contribution in [1.29, 1.82) is 0 Å². The number of carbonyl (C=O) groups is 1. The topological polar surface area (TPSA) is 135 Å². The predicted molar refractivity (Wildman–Crippen MR) is 132 cm³/mol. The highest BCUT2D eigenvalue weighted by atomic mass is 16.6. The van der Waals surface area contributed by atoms with Crippen LogP contribution in [0.5, 0.6) is 5.75 Å². The van der Waals surface area contributed by atoms with Gasteiger partial charge in [0.05, 0.1) is 10.9 Å². The summed E-state index contributed by atoms with van der Waals surface area (Å²) >= 11 is 0. The molecule has 34 heavy (non-hydrogen) atoms. The summed E-state index contributed by atoms with van der Waals surface area (Å²) < 4.78 is 5.44. The molecular weight excluding hydrogens is 430 g/mol. The zero-order chi connectivity index (χ0) is 23.5. The Labute approximate surface area is 195 Å². The number of nitrogens with one attached hydrogen (secondary N) is 2. The summed E-state index contributed by atoms with van der Waals surface area (Å²) in [6.07, 6.45) is 5.35. The molecule has 2 aromatic heterocycles. The Bertz CT molecular complexity index is 1400. The number of aromatic nitrogens is 3. The molecule has 4 aromatic rings. The molecule has 2 aromatic carbocycles. The van der Waals surface area contributed by atoms with Crippen LogP contribution in [0.4, 0.5) is 22.0 Å². The molecule has 9 nitrogen and oxygen atoms in total. The number of amides is 1. The average molecular weight is 455 g/mol. The molecule has 0 radical (unpaired) electrons. The summed E-state index contributed by atoms with van der Waals surface area (Å²) in [4.78, 5) is 26.3. The van der Waals surface area contributed by atoms with Crippen molar-refractivity contribution in [3.05, 3.63) is 78.3 Å². The van der Waals surface area contributed by atoms with E-state index in [1.807, 2.05) is 42.5 Å². The van der Waals surface area contributed by atoms with Crippen LogP contribution < -0.4 is 21.2 Å². The van der Waals surface area contributed by atoms with Gasteiger partial charge in [-0.15, -0.1) is 0 Å². The van der Waals surface area contributed by atoms with Gasteiger partial charge in [-0.05, 0) is 48.4 Å². The maximum atomic E-state index is 12.5. The quantitative estimate of drug-likeness (QED) is 0.271. The number of ether oxygens (including phenoxy) is 1. The zero-order valence-electron chi connectivity index (χ0n) is 18.4. The predicted octanol–water partition coefficient (Wildman–Crippen LogP) is 2.75. The van der Waals surface area contributed by atoms with Gasteiger partial charge >= 0.3 is 6.09 Å². The number of nitrogen functional groups attached to an aromatic ring is 1. The Morgan fingerprint density at radius 2 is 2.03 bits per heavy atom. The van der Waals surface area contributed by atoms with Gasteiger partial charge in [0.25, 0.3) is 0 Å². The van der Waals surface area contributed by atoms with E-state index in [0.717, 1.165) is 33.6 Å². The molecule has 0 saturated carbocycles. The number of aromatic amines is 1. The van der Waals surface area contributed by atoms with Crippen LogP contribution in [-0.2, 0) is 0 Å². The van der Waals surface area contributed by atoms with Gasteiger partial charge < -0.3 is 25.7 Å². The van der Waals surface area contributed by atoms with Crippen molar-refractivity contribution in [3.63, 3.8) is 0 Å². The first-order valence-electron chi connectivity index (χ1n) is 10.9. The van der Waals surface area contributed by atoms with Crippen LogP contribution in [0.3, 0.4) is 0 Å². The van der Waals surface area contributed by atoms with Crippen molar-refractivity contribution in [2.45, 2.75) is 6.42 Å². The minimum Gasteiger partial charge on any atom is -0.410 e. The minimum atomic E-state index is -0.354. The number of rotatable bonds is 5. The van der Waals surface area contributed by atoms with Crippen molar-refractivity contribution < 1.29 is 14.9 Å². The number of hydrogen-bond acceptors (Lipinski definition) is 6. The average Bonchev–Trinajstić information content (AvgIpc) is 3.31. The van der Waals surface area contributed by atoms with Crippen LogP contribution in [0.15, 0.2) is 67.0 Å². The largest absolute Gasteiger partial charge is 0.415 e. The first-order chi connectivity index (χ1) is 16.6. The molecule has 1 amide bonds. The standard InChI is InChI=1S/C25H23N7O2/c26-14-17-12-18(6-7-21(17)27)30-23-20-13-22(31-24(20)29-15-28-23)16-8-10-32(11-9-16)25(33)34-19-4-2-1-3-5-19/h1-8,12-15,26H,9-11,27H2,(H2,28,29,30,31)/p+1. The van der Waals surface area contributed by atoms with E-state index < -0.39 is 0 Å². The maximum absolute atomic E-state index is 12.5. The van der Waals surface area contributed by atoms with Gasteiger partial charge in [0.1, 0.15) is 23.5 Å². The van der Waals surface area contributed by atoms with Gasteiger partial charge in [-0.25, -0.2) is 14.8 Å². The second-order valence-electron chi connectivity index (χ2n) is 7.91. The molecule has 170 valence electrons. The molecule has 0 fully saturated rings. The number of para-hydroxylation sites is 1. The molecule has 1 aliphatic rings. The molecule has 0 saturated heterocycles. The van der Waals surface area contributed by atoms with Crippen LogP contribution in [-0.4, -0.2) is 45.2 Å². The van der Waals surface area contributed by atoms with Crippen LogP contribution in [0.1, 0.15) is 17.7 Å². The van der Waals surface area contributed by atoms with Gasteiger partial charge in [0, 0.05) is 30.2 Å². The van der Waals surface area contributed by atoms with Crippen LogP contribution >= 0.6 is 0 Å². The van der Waals surface area contributed by atoms with Crippen molar-refractivity contribution in [2.24, 2.45) is 0 Å². The van der Waals surface area contributed by atoms with Gasteiger partial charge in [-0.3, -0.25) is 5.41 Å². The second-order valence-corrected chi connectivity index (χ2v) is 7.91. The third-order valence-electron chi connectivity index (χ3n) is 5.72. The number of carbonyl (C=O) groups excluding carboxylic acids is 1. The molecule has 3 heterocycles. The number of nitrogens with zero attached hydrogens (tertiary/aromatic N) is 3. The highest BCUT2D eigenvalue weighted by Crippen LogP contribution is 2.29. The third kappa shape index (κ3) is 4.31. The lowest BCUT2D eigenvalue weighted by atomic mass is 10.1. The lowest BCUT2D eigenvalue weighted by Gasteiger charge is -2.25. The number of anilines is 3. The van der Waals surface area contributed by atoms with E-state index >= 15 is 0 Å². The van der Waals surface area contributed by atoms with E-state index in [9.17, 15) is 4.79 Å². The summed E-state index contributed by atoms with van der Waals surface area (Å²) in [6, 6.07) is 16.6. The molecule has 9 heteroatoms. The maximum Gasteiger partial charge on any atom is 0.415 e. The molecular formula is C25H24N7O2+. The van der Waals surface area contributed by atoms with Crippen molar-refractivity contribution in [2.75, 3.05) is 24.1 Å². The molecule has 0 spiro atoms. The minimum absolute atomic E-state index is 0.354. The van der Waals surface area contributed by atoms with E-state index in [0.29, 0.717) is 36.8 Å². The van der Waals surface area contributed by atoms with E-state index in [1.165, 1.54) is 12.5 Å². The molecule has 0 atom stereocenters. The summed E-state index contributed by atoms with van der Waals surface area (Å²) in [6.45, 7) is 1.03. The Hall–Kier alpha value is -4.66. The summed E-state index contributed by atoms with van der Waals surface area (Å²) in [5.41, 5.74) is 10.9. The van der Waals surface area contributed by atoms with Gasteiger partial charge in [0.2, 0.25) is 0 Å². The number of benzene rings is 2. The fraction of sp³-hybridized carbons (Fsp3) is 0.120. The lowest BCUT2D eigenvalue weighted by Crippen LogP contribution is -2.36. The molecule has 0 unspecified atom stereocenters. The first kappa shape index (κ1) is 21.2. The third-order valence-corrected chi connectivity index (χ3v) is 5.72. The van der Waals surface area contributed by atoms with Crippen molar-refractivity contribution in [1.82, 2.24) is 19.9 Å². The lowest BCUT2D eigenvalue weighted by molar-refractivity contribution is -0.104. The van der Waals surface area contributed by atoms with Crippen LogP contribution in [0.2, 0.25) is 0 Å². The molecule has 0 aliphatic carbocycles. The zero-order valence-corrected chi connectivity index (χ0v) is 18.4. The molecule has 0 bridgehead atoms. The number of nitrogens with two attached hydrogens (primary N) is 2. The smallest absolute Gasteiger partial charge is 0.410 e. The monoisotopic (exact) mass is 454 g/mol. The molecule has 5 rings (SSSR count). The Morgan fingerprint density at radius 1 is 1.18 bits per heavy atom. The Kier molecular flexibility index (Phi) is 5.65. The first-order valence-corrected chi connectivity index (χ1v) is 10.9. The fourth-order valence-electron chi connectivity index (χ4n) is 3.88. The molecule has 6 N–H and O–H groups in total. The highest BCUT2D eigenvalue weighted by molar-refractivity contribution is 5.93. The van der Waals surface area contributed by atoms with Crippen molar-refractivity contribution >= 4 is 46.1 Å². The van der Waals surface area contributed by atoms with E-state index in [2.05, 4.69) is 20.3 Å². The van der Waals surface area contributed by atoms with E-state index in [4.69, 9.17) is 15.9 Å². The van der Waals surface area contributed by atoms with Crippen molar-refractivity contribution in [3.8, 4) is 5.75 Å². The molecule has 1 aliphatic heterocycles. The van der Waals surface area contributed by atoms with Gasteiger partial charge in [0.15, 0.2) is 6.21 Å². The van der Waals surface area contributed by atoms with Crippen LogP contribution in [0.25, 0.3) is 16.6 Å².